The fourth-order valence-electron chi connectivity index (χ4n) is 1.42. The van der Waals surface area contributed by atoms with Gasteiger partial charge < -0.3 is 9.47 Å². The number of nitrogens with zero attached hydrogens (tertiary/aromatic N) is 2. The van der Waals surface area contributed by atoms with E-state index in [2.05, 4.69) is 25.7 Å². The van der Waals surface area contributed by atoms with E-state index in [0.717, 1.165) is 6.07 Å². The van der Waals surface area contributed by atoms with Gasteiger partial charge in [-0.15, -0.1) is 13.2 Å². The lowest BCUT2D eigenvalue weighted by Crippen LogP contribution is -2.17. The van der Waals surface area contributed by atoms with Crippen molar-refractivity contribution in [2.24, 2.45) is 0 Å². The van der Waals surface area contributed by atoms with E-state index < -0.39 is 6.36 Å². The highest BCUT2D eigenvalue weighted by atomic mass is 79.9. The third-order valence-electron chi connectivity index (χ3n) is 2.21. The SMILES string of the molecule is N#Cc1cc(Oc2ccc(OC(F)(F)F)c(Br)c2)ccn1. The average Bonchev–Trinajstić information content (AvgIpc) is 2.41. The third kappa shape index (κ3) is 4.36. The van der Waals surface area contributed by atoms with Crippen LogP contribution < -0.4 is 9.47 Å². The van der Waals surface area contributed by atoms with Crippen LogP contribution in [0.4, 0.5) is 13.2 Å². The van der Waals surface area contributed by atoms with Crippen molar-refractivity contribution in [1.82, 2.24) is 4.98 Å². The van der Waals surface area contributed by atoms with Gasteiger partial charge in [-0.05, 0) is 40.2 Å². The second-order valence-electron chi connectivity index (χ2n) is 3.73. The van der Waals surface area contributed by atoms with Crippen LogP contribution in [0.3, 0.4) is 0 Å². The molecule has 0 bridgehead atoms. The number of rotatable bonds is 3. The second-order valence-corrected chi connectivity index (χ2v) is 4.59. The molecule has 8 heteroatoms. The fraction of sp³-hybridized carbons (Fsp3) is 0.0769. The number of ether oxygens (including phenoxy) is 2. The van der Waals surface area contributed by atoms with Crippen LogP contribution in [-0.4, -0.2) is 11.3 Å². The number of alkyl halides is 3. The number of aromatic nitrogens is 1. The van der Waals surface area contributed by atoms with Gasteiger partial charge in [0, 0.05) is 12.3 Å². The lowest BCUT2D eigenvalue weighted by molar-refractivity contribution is -0.274. The number of hydrogen-bond donors (Lipinski definition) is 0. The summed E-state index contributed by atoms with van der Waals surface area (Å²) in [5.74, 6) is 0.256. The minimum atomic E-state index is -4.77. The van der Waals surface area contributed by atoms with Crippen LogP contribution in [0.5, 0.6) is 17.2 Å². The quantitative estimate of drug-likeness (QED) is 0.815. The van der Waals surface area contributed by atoms with Crippen LogP contribution >= 0.6 is 15.9 Å². The molecule has 108 valence electrons. The molecule has 0 saturated heterocycles. The average molecular weight is 359 g/mol. The zero-order valence-electron chi connectivity index (χ0n) is 10.2. The van der Waals surface area contributed by atoms with Crippen molar-refractivity contribution in [2.45, 2.75) is 6.36 Å². The van der Waals surface area contributed by atoms with Gasteiger partial charge in [0.1, 0.15) is 29.0 Å². The van der Waals surface area contributed by atoms with Gasteiger partial charge >= 0.3 is 6.36 Å². The van der Waals surface area contributed by atoms with Crippen LogP contribution in [0.1, 0.15) is 5.69 Å². The molecule has 1 aromatic heterocycles. The van der Waals surface area contributed by atoms with E-state index in [1.807, 2.05) is 6.07 Å². The number of nitriles is 1. The predicted octanol–water partition coefficient (Wildman–Crippen LogP) is 4.41. The summed E-state index contributed by atoms with van der Waals surface area (Å²) in [4.78, 5) is 3.78. The lowest BCUT2D eigenvalue weighted by Gasteiger charge is -2.12. The summed E-state index contributed by atoms with van der Waals surface area (Å²) in [6.45, 7) is 0. The van der Waals surface area contributed by atoms with Gasteiger partial charge in [0.25, 0.3) is 0 Å². The standard InChI is InChI=1S/C13H6BrF3N2O2/c14-11-6-9(1-2-12(11)21-13(15,16)17)20-10-3-4-19-8(5-10)7-18/h1-6H. The van der Waals surface area contributed by atoms with Crippen LogP contribution in [0.2, 0.25) is 0 Å². The Hall–Kier alpha value is -2.27. The van der Waals surface area contributed by atoms with Crippen LogP contribution in [-0.2, 0) is 0 Å². The molecule has 0 N–H and O–H groups in total. The number of hydrogen-bond acceptors (Lipinski definition) is 4. The van der Waals surface area contributed by atoms with Crippen LogP contribution in [0.25, 0.3) is 0 Å². The zero-order chi connectivity index (χ0) is 15.5. The van der Waals surface area contributed by atoms with Crippen molar-refractivity contribution < 1.29 is 22.6 Å². The molecule has 0 aliphatic heterocycles. The van der Waals surface area contributed by atoms with E-state index in [4.69, 9.17) is 10.00 Å². The molecule has 1 heterocycles. The molecule has 2 aromatic rings. The first-order valence-electron chi connectivity index (χ1n) is 5.47. The van der Waals surface area contributed by atoms with Crippen molar-refractivity contribution in [1.29, 1.82) is 5.26 Å². The highest BCUT2D eigenvalue weighted by Gasteiger charge is 2.32. The van der Waals surface area contributed by atoms with Crippen LogP contribution in [0.15, 0.2) is 41.0 Å². The Kier molecular flexibility index (Phi) is 4.33. The summed E-state index contributed by atoms with van der Waals surface area (Å²) in [5.41, 5.74) is 0.170. The number of halogens is 4. The molecule has 0 spiro atoms. The minimum Gasteiger partial charge on any atom is -0.457 e. The molecule has 0 fully saturated rings. The Balaban J connectivity index is 2.18. The van der Waals surface area contributed by atoms with Crippen LogP contribution in [0, 0.1) is 11.3 Å². The highest BCUT2D eigenvalue weighted by Crippen LogP contribution is 2.34. The van der Waals surface area contributed by atoms with Gasteiger partial charge in [0.2, 0.25) is 0 Å². The summed E-state index contributed by atoms with van der Waals surface area (Å²) in [5, 5.41) is 8.72. The van der Waals surface area contributed by atoms with Gasteiger partial charge in [0.05, 0.1) is 4.47 Å². The van der Waals surface area contributed by atoms with E-state index in [9.17, 15) is 13.2 Å². The summed E-state index contributed by atoms with van der Waals surface area (Å²) in [6.07, 6.45) is -3.37. The van der Waals surface area contributed by atoms with E-state index in [0.29, 0.717) is 5.75 Å². The number of pyridine rings is 1. The van der Waals surface area contributed by atoms with Gasteiger partial charge in [-0.3, -0.25) is 0 Å². The monoisotopic (exact) mass is 358 g/mol. The van der Waals surface area contributed by atoms with Crippen molar-refractivity contribution >= 4 is 15.9 Å². The Morgan fingerprint density at radius 2 is 1.86 bits per heavy atom. The highest BCUT2D eigenvalue weighted by molar-refractivity contribution is 9.10. The smallest absolute Gasteiger partial charge is 0.457 e. The number of benzene rings is 1. The normalized spacial score (nSPS) is 10.8. The molecule has 2 rings (SSSR count). The topological polar surface area (TPSA) is 55.1 Å². The van der Waals surface area contributed by atoms with Crippen molar-refractivity contribution in [3.05, 3.63) is 46.7 Å². The summed E-state index contributed by atoms with van der Waals surface area (Å²) >= 11 is 2.97. The van der Waals surface area contributed by atoms with E-state index in [1.54, 1.807) is 0 Å². The molecule has 4 nitrogen and oxygen atoms in total. The van der Waals surface area contributed by atoms with Crippen molar-refractivity contribution in [3.63, 3.8) is 0 Å². The lowest BCUT2D eigenvalue weighted by atomic mass is 10.3. The Bertz CT molecular complexity index is 699. The first-order valence-corrected chi connectivity index (χ1v) is 6.26. The molecule has 1 aromatic carbocycles. The molecule has 21 heavy (non-hydrogen) atoms. The minimum absolute atomic E-state index is 0.0897. The zero-order valence-corrected chi connectivity index (χ0v) is 11.8. The van der Waals surface area contributed by atoms with Gasteiger partial charge in [-0.2, -0.15) is 5.26 Å². The second kappa shape index (κ2) is 6.01. The maximum Gasteiger partial charge on any atom is 0.573 e. The largest absolute Gasteiger partial charge is 0.573 e. The fourth-order valence-corrected chi connectivity index (χ4v) is 1.86. The Morgan fingerprint density at radius 3 is 2.48 bits per heavy atom. The molecular formula is C13H6BrF3N2O2. The van der Waals surface area contributed by atoms with Gasteiger partial charge in [-0.25, -0.2) is 4.98 Å². The summed E-state index contributed by atoms with van der Waals surface area (Å²) in [6, 6.07) is 8.56. The molecular weight excluding hydrogens is 353 g/mol. The van der Waals surface area contributed by atoms with Gasteiger partial charge in [0.15, 0.2) is 0 Å². The first kappa shape index (κ1) is 15.1. The van der Waals surface area contributed by atoms with Crippen molar-refractivity contribution in [3.8, 4) is 23.3 Å². The summed E-state index contributed by atoms with van der Waals surface area (Å²) < 4.78 is 45.8. The predicted molar refractivity (Wildman–Crippen MR) is 69.9 cm³/mol. The molecule has 0 aliphatic rings. The maximum atomic E-state index is 12.1. The Morgan fingerprint density at radius 1 is 1.14 bits per heavy atom. The molecule has 0 aliphatic carbocycles. The van der Waals surface area contributed by atoms with Crippen molar-refractivity contribution in [2.75, 3.05) is 0 Å². The molecule has 0 unspecified atom stereocenters. The van der Waals surface area contributed by atoms with E-state index >= 15 is 0 Å². The summed E-state index contributed by atoms with van der Waals surface area (Å²) in [7, 11) is 0. The third-order valence-corrected chi connectivity index (χ3v) is 2.83. The van der Waals surface area contributed by atoms with E-state index in [1.165, 1.54) is 30.5 Å². The molecule has 0 amide bonds. The molecule has 0 saturated carbocycles. The maximum absolute atomic E-state index is 12.1. The van der Waals surface area contributed by atoms with Gasteiger partial charge in [-0.1, -0.05) is 0 Å². The first-order chi connectivity index (χ1) is 9.87. The Labute approximate surface area is 125 Å². The van der Waals surface area contributed by atoms with E-state index in [-0.39, 0.29) is 21.7 Å². The molecule has 0 radical (unpaired) electrons. The molecule has 0 atom stereocenters.